The monoisotopic (exact) mass is 585 g/mol. The number of carbonyl (C=O) groups excluding carboxylic acids is 2. The van der Waals surface area contributed by atoms with Crippen molar-refractivity contribution in [3.05, 3.63) is 89.4 Å². The number of anilines is 1. The molecule has 3 aromatic rings. The van der Waals surface area contributed by atoms with Crippen molar-refractivity contribution >= 4 is 39.1 Å². The molecule has 0 aliphatic rings. The molecule has 0 saturated heterocycles. The Hall–Kier alpha value is -3.56. The minimum Gasteiger partial charge on any atom is -0.494 e. The molecule has 0 heterocycles. The van der Waals surface area contributed by atoms with E-state index >= 15 is 0 Å². The van der Waals surface area contributed by atoms with Gasteiger partial charge in [0.2, 0.25) is 11.8 Å². The Kier molecular flexibility index (Phi) is 11.4. The number of sulfonamides is 1. The van der Waals surface area contributed by atoms with E-state index in [0.717, 1.165) is 9.87 Å². The Bertz CT molecular complexity index is 1350. The maximum absolute atomic E-state index is 14.0. The van der Waals surface area contributed by atoms with Gasteiger partial charge >= 0.3 is 0 Å². The quantitative estimate of drug-likeness (QED) is 0.290. The molecule has 1 atom stereocenters. The Morgan fingerprint density at radius 1 is 0.925 bits per heavy atom. The van der Waals surface area contributed by atoms with Gasteiger partial charge in [-0.2, -0.15) is 0 Å². The summed E-state index contributed by atoms with van der Waals surface area (Å²) in [5, 5.41) is 3.19. The Morgan fingerprint density at radius 2 is 1.57 bits per heavy atom. The first-order valence-corrected chi connectivity index (χ1v) is 15.1. The molecule has 1 unspecified atom stereocenters. The third-order valence-corrected chi connectivity index (χ3v) is 8.38. The zero-order valence-corrected chi connectivity index (χ0v) is 24.6. The van der Waals surface area contributed by atoms with Gasteiger partial charge in [-0.05, 0) is 80.8 Å². The summed E-state index contributed by atoms with van der Waals surface area (Å²) >= 11 is 6.00. The fourth-order valence-corrected chi connectivity index (χ4v) is 5.87. The van der Waals surface area contributed by atoms with E-state index in [0.29, 0.717) is 42.5 Å². The average molecular weight is 586 g/mol. The maximum Gasteiger partial charge on any atom is 0.264 e. The molecule has 8 nitrogen and oxygen atoms in total. The molecule has 2 amide bonds. The normalized spacial score (nSPS) is 11.9. The van der Waals surface area contributed by atoms with Gasteiger partial charge in [-0.3, -0.25) is 13.9 Å². The first-order chi connectivity index (χ1) is 19.2. The third-order valence-electron chi connectivity index (χ3n) is 6.34. The molecule has 1 N–H and O–H groups in total. The van der Waals surface area contributed by atoms with E-state index in [1.165, 1.54) is 29.2 Å². The molecule has 0 spiro atoms. The van der Waals surface area contributed by atoms with E-state index < -0.39 is 28.5 Å². The van der Waals surface area contributed by atoms with Crippen molar-refractivity contribution in [1.29, 1.82) is 0 Å². The van der Waals surface area contributed by atoms with Crippen LogP contribution in [0.15, 0.2) is 83.8 Å². The van der Waals surface area contributed by atoms with Crippen molar-refractivity contribution < 1.29 is 22.7 Å². The molecule has 0 aromatic heterocycles. The summed E-state index contributed by atoms with van der Waals surface area (Å²) in [6.45, 7) is 6.12. The predicted octanol–water partition coefficient (Wildman–Crippen LogP) is 4.92. The van der Waals surface area contributed by atoms with Crippen molar-refractivity contribution in [2.45, 2.75) is 44.6 Å². The van der Waals surface area contributed by atoms with Gasteiger partial charge in [0.25, 0.3) is 10.0 Å². The Morgan fingerprint density at radius 3 is 2.15 bits per heavy atom. The number of nitrogens with zero attached hydrogens (tertiary/aromatic N) is 2. The molecule has 0 aliphatic heterocycles. The maximum atomic E-state index is 14.0. The summed E-state index contributed by atoms with van der Waals surface area (Å²) in [5.41, 5.74) is 1.30. The number of likely N-dealkylation sites (N-methyl/N-ethyl adjacent to an activating group) is 1. The van der Waals surface area contributed by atoms with Crippen LogP contribution < -0.4 is 14.4 Å². The molecule has 0 aliphatic carbocycles. The van der Waals surface area contributed by atoms with Crippen molar-refractivity contribution in [3.63, 3.8) is 0 Å². The fraction of sp³-hybridized carbons (Fsp3) is 0.333. The van der Waals surface area contributed by atoms with Gasteiger partial charge in [0, 0.05) is 18.1 Å². The molecule has 40 heavy (non-hydrogen) atoms. The SMILES string of the molecule is CCNC(=O)C(CC)N(CCc1ccccc1)C(=O)CN(c1ccc(OCC)cc1)S(=O)(=O)c1ccc(Cl)cc1. The summed E-state index contributed by atoms with van der Waals surface area (Å²) < 4.78 is 34.3. The van der Waals surface area contributed by atoms with Crippen molar-refractivity contribution in [3.8, 4) is 5.75 Å². The number of hydrogen-bond donors (Lipinski definition) is 1. The highest BCUT2D eigenvalue weighted by Crippen LogP contribution is 2.27. The largest absolute Gasteiger partial charge is 0.494 e. The first-order valence-electron chi connectivity index (χ1n) is 13.3. The number of benzene rings is 3. The van der Waals surface area contributed by atoms with Crippen LogP contribution in [0.2, 0.25) is 5.02 Å². The van der Waals surface area contributed by atoms with Crippen molar-refractivity contribution in [1.82, 2.24) is 10.2 Å². The second-order valence-corrected chi connectivity index (χ2v) is 11.3. The van der Waals surface area contributed by atoms with Crippen LogP contribution in [-0.4, -0.2) is 57.4 Å². The van der Waals surface area contributed by atoms with Crippen molar-refractivity contribution in [2.24, 2.45) is 0 Å². The minimum absolute atomic E-state index is 0.00909. The number of amides is 2. The van der Waals surface area contributed by atoms with Crippen LogP contribution in [0, 0.1) is 0 Å². The van der Waals surface area contributed by atoms with Crippen LogP contribution in [0.3, 0.4) is 0 Å². The third kappa shape index (κ3) is 7.99. The van der Waals surface area contributed by atoms with Gasteiger partial charge in [0.05, 0.1) is 17.2 Å². The van der Waals surface area contributed by atoms with Gasteiger partial charge in [-0.1, -0.05) is 48.9 Å². The molecule has 10 heteroatoms. The lowest BCUT2D eigenvalue weighted by Gasteiger charge is -2.33. The lowest BCUT2D eigenvalue weighted by Crippen LogP contribution is -2.53. The van der Waals surface area contributed by atoms with E-state index in [4.69, 9.17) is 16.3 Å². The summed E-state index contributed by atoms with van der Waals surface area (Å²) in [5.74, 6) is -0.187. The smallest absolute Gasteiger partial charge is 0.264 e. The molecule has 0 saturated carbocycles. The Balaban J connectivity index is 2.00. The number of carbonyl (C=O) groups is 2. The van der Waals surface area contributed by atoms with Crippen LogP contribution in [0.1, 0.15) is 32.8 Å². The van der Waals surface area contributed by atoms with E-state index in [2.05, 4.69) is 5.32 Å². The topological polar surface area (TPSA) is 96.0 Å². The second kappa shape index (κ2) is 14.7. The summed E-state index contributed by atoms with van der Waals surface area (Å²) in [6.07, 6.45) is 0.884. The second-order valence-electron chi connectivity index (χ2n) is 9.03. The van der Waals surface area contributed by atoms with Crippen LogP contribution >= 0.6 is 11.6 Å². The molecule has 3 aromatic carbocycles. The lowest BCUT2D eigenvalue weighted by atomic mass is 10.1. The number of rotatable bonds is 14. The molecular weight excluding hydrogens is 550 g/mol. The summed E-state index contributed by atoms with van der Waals surface area (Å²) in [6, 6.07) is 21.2. The van der Waals surface area contributed by atoms with Crippen LogP contribution in [-0.2, 0) is 26.0 Å². The molecule has 3 rings (SSSR count). The van der Waals surface area contributed by atoms with Gasteiger partial charge in [-0.25, -0.2) is 8.42 Å². The fourth-order valence-electron chi connectivity index (χ4n) is 4.33. The molecule has 0 radical (unpaired) electrons. The highest BCUT2D eigenvalue weighted by atomic mass is 35.5. The summed E-state index contributed by atoms with van der Waals surface area (Å²) in [4.78, 5) is 28.4. The van der Waals surface area contributed by atoms with Gasteiger partial charge in [-0.15, -0.1) is 0 Å². The summed E-state index contributed by atoms with van der Waals surface area (Å²) in [7, 11) is -4.17. The van der Waals surface area contributed by atoms with Crippen molar-refractivity contribution in [2.75, 3.05) is 30.5 Å². The zero-order valence-electron chi connectivity index (χ0n) is 23.0. The number of halogens is 1. The molecule has 0 fully saturated rings. The predicted molar refractivity (Wildman–Crippen MR) is 158 cm³/mol. The highest BCUT2D eigenvalue weighted by Gasteiger charge is 2.33. The average Bonchev–Trinajstić information content (AvgIpc) is 2.95. The van der Waals surface area contributed by atoms with E-state index in [-0.39, 0.29) is 17.3 Å². The lowest BCUT2D eigenvalue weighted by molar-refractivity contribution is -0.139. The minimum atomic E-state index is -4.17. The van der Waals surface area contributed by atoms with E-state index in [9.17, 15) is 18.0 Å². The number of ether oxygens (including phenoxy) is 1. The zero-order chi connectivity index (χ0) is 29.1. The number of hydrogen-bond acceptors (Lipinski definition) is 5. The van der Waals surface area contributed by atoms with E-state index in [1.54, 1.807) is 24.3 Å². The van der Waals surface area contributed by atoms with Gasteiger partial charge in [0.15, 0.2) is 0 Å². The molecular formula is C30H36ClN3O5S. The van der Waals surface area contributed by atoms with Crippen LogP contribution in [0.4, 0.5) is 5.69 Å². The standard InChI is InChI=1S/C30H36ClN3O5S/c1-4-28(30(36)32-5-2)33(21-20-23-10-8-7-9-11-23)29(35)22-34(25-14-16-26(17-15-25)39-6-3)40(37,38)27-18-12-24(31)13-19-27/h7-19,28H,4-6,20-22H2,1-3H3,(H,32,36). The first kappa shape index (κ1) is 31.0. The Labute approximate surface area is 241 Å². The van der Waals surface area contributed by atoms with Gasteiger partial charge < -0.3 is 15.0 Å². The number of nitrogens with one attached hydrogen (secondary N) is 1. The van der Waals surface area contributed by atoms with Crippen LogP contribution in [0.25, 0.3) is 0 Å². The van der Waals surface area contributed by atoms with E-state index in [1.807, 2.05) is 51.1 Å². The van der Waals surface area contributed by atoms with Crippen LogP contribution in [0.5, 0.6) is 5.75 Å². The van der Waals surface area contributed by atoms with Gasteiger partial charge in [0.1, 0.15) is 18.3 Å². The highest BCUT2D eigenvalue weighted by molar-refractivity contribution is 7.92. The molecule has 0 bridgehead atoms. The molecule has 214 valence electrons.